The molecule has 16 heavy (non-hydrogen) atoms. The highest BCUT2D eigenvalue weighted by atomic mass is 16.2. The van der Waals surface area contributed by atoms with Gasteiger partial charge >= 0.3 is 0 Å². The Morgan fingerprint density at radius 1 is 1.38 bits per heavy atom. The zero-order valence-corrected chi connectivity index (χ0v) is 9.80. The number of hydrogen-bond donors (Lipinski definition) is 2. The fourth-order valence-electron chi connectivity index (χ4n) is 3.15. The Balaban J connectivity index is 1.56. The third-order valence-corrected chi connectivity index (χ3v) is 4.31. The first-order valence-electron chi connectivity index (χ1n) is 6.56. The predicted octanol–water partition coefficient (Wildman–Crippen LogP) is 0.646. The fourth-order valence-corrected chi connectivity index (χ4v) is 3.15. The lowest BCUT2D eigenvalue weighted by molar-refractivity contribution is -0.130. The quantitative estimate of drug-likeness (QED) is 0.722. The van der Waals surface area contributed by atoms with Crippen molar-refractivity contribution in [2.45, 2.75) is 44.1 Å². The molecule has 4 heteroatoms. The maximum Gasteiger partial charge on any atom is 0.238 e. The number of nitrogens with zero attached hydrogens (tertiary/aromatic N) is 1. The number of hydrazine groups is 1. The van der Waals surface area contributed by atoms with Gasteiger partial charge in [0.15, 0.2) is 0 Å². The molecule has 3 aliphatic rings. The van der Waals surface area contributed by atoms with E-state index in [2.05, 4.69) is 10.7 Å². The molecule has 3 fully saturated rings. The van der Waals surface area contributed by atoms with Gasteiger partial charge < -0.3 is 5.32 Å². The van der Waals surface area contributed by atoms with Crippen molar-refractivity contribution in [2.75, 3.05) is 19.6 Å². The molecule has 1 spiro atoms. The number of carbonyl (C=O) groups excluding carboxylic acids is 1. The largest absolute Gasteiger partial charge is 0.316 e. The van der Waals surface area contributed by atoms with Crippen LogP contribution in [0, 0.1) is 5.92 Å². The molecular weight excluding hydrogens is 202 g/mol. The second-order valence-electron chi connectivity index (χ2n) is 5.64. The normalized spacial score (nSPS) is 33.1. The molecule has 1 unspecified atom stereocenters. The van der Waals surface area contributed by atoms with Crippen LogP contribution in [0.15, 0.2) is 0 Å². The van der Waals surface area contributed by atoms with Gasteiger partial charge in [-0.2, -0.15) is 0 Å². The summed E-state index contributed by atoms with van der Waals surface area (Å²) in [6.45, 7) is 3.11. The third kappa shape index (κ3) is 1.84. The highest BCUT2D eigenvalue weighted by Gasteiger charge is 2.47. The van der Waals surface area contributed by atoms with E-state index < -0.39 is 0 Å². The van der Waals surface area contributed by atoms with Gasteiger partial charge in [-0.15, -0.1) is 0 Å². The Morgan fingerprint density at radius 3 is 2.81 bits per heavy atom. The Morgan fingerprint density at radius 2 is 2.25 bits per heavy atom. The molecule has 2 heterocycles. The van der Waals surface area contributed by atoms with Crippen molar-refractivity contribution in [1.82, 2.24) is 15.8 Å². The first kappa shape index (κ1) is 10.5. The van der Waals surface area contributed by atoms with Crippen molar-refractivity contribution >= 4 is 5.91 Å². The van der Waals surface area contributed by atoms with Crippen LogP contribution in [0.2, 0.25) is 0 Å². The van der Waals surface area contributed by atoms with E-state index in [4.69, 9.17) is 0 Å². The predicted molar refractivity (Wildman–Crippen MR) is 61.6 cm³/mol. The maximum absolute atomic E-state index is 11.9. The van der Waals surface area contributed by atoms with E-state index in [0.29, 0.717) is 11.8 Å². The van der Waals surface area contributed by atoms with Gasteiger partial charge in [-0.25, -0.2) is 5.43 Å². The van der Waals surface area contributed by atoms with Crippen molar-refractivity contribution in [3.8, 4) is 0 Å². The summed E-state index contributed by atoms with van der Waals surface area (Å²) in [6.07, 6.45) is 6.87. The summed E-state index contributed by atoms with van der Waals surface area (Å²) in [6, 6.07) is 0. The van der Waals surface area contributed by atoms with E-state index in [0.717, 1.165) is 26.1 Å². The molecular formula is C12H21N3O. The molecule has 2 N–H and O–H groups in total. The van der Waals surface area contributed by atoms with Crippen LogP contribution in [0.4, 0.5) is 0 Å². The first-order chi connectivity index (χ1) is 7.77. The summed E-state index contributed by atoms with van der Waals surface area (Å²) < 4.78 is 0. The first-order valence-corrected chi connectivity index (χ1v) is 6.56. The molecule has 0 aromatic heterocycles. The van der Waals surface area contributed by atoms with Gasteiger partial charge in [0.1, 0.15) is 0 Å². The average Bonchev–Trinajstić information content (AvgIpc) is 2.58. The number of nitrogens with one attached hydrogen (secondary N) is 2. The minimum Gasteiger partial charge on any atom is -0.316 e. The summed E-state index contributed by atoms with van der Waals surface area (Å²) in [4.78, 5) is 11.9. The van der Waals surface area contributed by atoms with Gasteiger partial charge in [-0.1, -0.05) is 0 Å². The number of rotatable bonds is 2. The topological polar surface area (TPSA) is 44.4 Å². The van der Waals surface area contributed by atoms with E-state index in [9.17, 15) is 4.79 Å². The van der Waals surface area contributed by atoms with Crippen LogP contribution in [0.25, 0.3) is 0 Å². The van der Waals surface area contributed by atoms with E-state index >= 15 is 0 Å². The third-order valence-electron chi connectivity index (χ3n) is 4.31. The molecule has 0 aromatic carbocycles. The van der Waals surface area contributed by atoms with Crippen LogP contribution < -0.4 is 10.7 Å². The molecule has 1 atom stereocenters. The molecule has 1 saturated carbocycles. The van der Waals surface area contributed by atoms with Crippen molar-refractivity contribution in [3.05, 3.63) is 0 Å². The average molecular weight is 223 g/mol. The lowest BCUT2D eigenvalue weighted by Crippen LogP contribution is -2.52. The molecule has 3 rings (SSSR count). The molecule has 2 saturated heterocycles. The molecule has 1 aliphatic carbocycles. The second-order valence-corrected chi connectivity index (χ2v) is 5.64. The summed E-state index contributed by atoms with van der Waals surface area (Å²) in [7, 11) is 0. The molecule has 0 aromatic rings. The Hall–Kier alpha value is -0.610. The molecule has 1 amide bonds. The minimum atomic E-state index is 0.166. The molecule has 2 aliphatic heterocycles. The summed E-state index contributed by atoms with van der Waals surface area (Å²) in [5.74, 6) is 0.950. The Bertz CT molecular complexity index is 282. The van der Waals surface area contributed by atoms with Gasteiger partial charge in [0.2, 0.25) is 5.91 Å². The van der Waals surface area contributed by atoms with Crippen LogP contribution in [0.5, 0.6) is 0 Å². The van der Waals surface area contributed by atoms with Crippen LogP contribution in [0.3, 0.4) is 0 Å². The Labute approximate surface area is 96.7 Å². The van der Waals surface area contributed by atoms with E-state index in [-0.39, 0.29) is 5.54 Å². The SMILES string of the molecule is O=C1CC2(CCC2)NN1CC1CCCNC1. The zero-order valence-electron chi connectivity index (χ0n) is 9.80. The van der Waals surface area contributed by atoms with Crippen molar-refractivity contribution < 1.29 is 4.79 Å². The number of hydrogen-bond acceptors (Lipinski definition) is 3. The van der Waals surface area contributed by atoms with Crippen molar-refractivity contribution in [3.63, 3.8) is 0 Å². The highest BCUT2D eigenvalue weighted by Crippen LogP contribution is 2.39. The monoisotopic (exact) mass is 223 g/mol. The molecule has 0 bridgehead atoms. The smallest absolute Gasteiger partial charge is 0.238 e. The number of carbonyl (C=O) groups is 1. The Kier molecular flexibility index (Phi) is 2.64. The highest BCUT2D eigenvalue weighted by molar-refractivity contribution is 5.79. The summed E-state index contributed by atoms with van der Waals surface area (Å²) in [5.41, 5.74) is 3.62. The molecule has 0 radical (unpaired) electrons. The summed E-state index contributed by atoms with van der Waals surface area (Å²) in [5, 5.41) is 5.31. The van der Waals surface area contributed by atoms with Crippen LogP contribution in [-0.4, -0.2) is 36.1 Å². The van der Waals surface area contributed by atoms with E-state index in [1.54, 1.807) is 0 Å². The van der Waals surface area contributed by atoms with Crippen LogP contribution in [0.1, 0.15) is 38.5 Å². The lowest BCUT2D eigenvalue weighted by Gasteiger charge is -2.38. The van der Waals surface area contributed by atoms with Gasteiger partial charge in [-0.3, -0.25) is 9.80 Å². The minimum absolute atomic E-state index is 0.166. The van der Waals surface area contributed by atoms with Gasteiger partial charge in [-0.05, 0) is 51.1 Å². The van der Waals surface area contributed by atoms with Crippen molar-refractivity contribution in [1.29, 1.82) is 0 Å². The maximum atomic E-state index is 11.9. The fraction of sp³-hybridized carbons (Fsp3) is 0.917. The molecule has 90 valence electrons. The zero-order chi connectivity index (χ0) is 11.0. The van der Waals surface area contributed by atoms with Gasteiger partial charge in [0.05, 0.1) is 0 Å². The van der Waals surface area contributed by atoms with E-state index in [1.807, 2.05) is 5.01 Å². The van der Waals surface area contributed by atoms with Gasteiger partial charge in [0.25, 0.3) is 0 Å². The van der Waals surface area contributed by atoms with Crippen LogP contribution >= 0.6 is 0 Å². The molecule has 4 nitrogen and oxygen atoms in total. The number of piperidine rings is 1. The number of amides is 1. The van der Waals surface area contributed by atoms with E-state index in [1.165, 1.54) is 32.1 Å². The second kappa shape index (κ2) is 4.00. The standard InChI is InChI=1S/C12H21N3O/c16-11-7-12(4-2-5-12)14-15(11)9-10-3-1-6-13-8-10/h10,13-14H,1-9H2. The van der Waals surface area contributed by atoms with Gasteiger partial charge in [0, 0.05) is 18.5 Å². The lowest BCUT2D eigenvalue weighted by atomic mass is 9.76. The van der Waals surface area contributed by atoms with Crippen LogP contribution in [-0.2, 0) is 4.79 Å². The van der Waals surface area contributed by atoms with Crippen molar-refractivity contribution in [2.24, 2.45) is 5.92 Å². The summed E-state index contributed by atoms with van der Waals surface area (Å²) >= 11 is 0.